The number of benzene rings is 2. The molecule has 0 saturated carbocycles. The van der Waals surface area contributed by atoms with Crippen LogP contribution in [0.2, 0.25) is 0 Å². The standard InChI is InChI=1S/C19H24FNO4S/c1-19(2,3)14-5-8-16(9-6-14)25-12-11-21-26(22,23)18-13-15(20)7-10-17(18)24-4/h5-10,13,21H,11-12H2,1-4H3. The number of methoxy groups -OCH3 is 1. The molecule has 5 nitrogen and oxygen atoms in total. The molecular formula is C19H24FNO4S. The first kappa shape index (κ1) is 20.2. The SMILES string of the molecule is COc1ccc(F)cc1S(=O)(=O)NCCOc1ccc(C(C)(C)C)cc1. The molecule has 0 spiro atoms. The number of rotatable bonds is 7. The fourth-order valence-corrected chi connectivity index (χ4v) is 3.53. The molecular weight excluding hydrogens is 357 g/mol. The number of halogens is 1. The third-order valence-electron chi connectivity index (χ3n) is 3.80. The van der Waals surface area contributed by atoms with E-state index in [1.54, 1.807) is 0 Å². The van der Waals surface area contributed by atoms with Gasteiger partial charge in [0.05, 0.1) is 7.11 Å². The lowest BCUT2D eigenvalue weighted by Crippen LogP contribution is -2.28. The molecule has 2 rings (SSSR count). The summed E-state index contributed by atoms with van der Waals surface area (Å²) in [7, 11) is -2.57. The second-order valence-electron chi connectivity index (χ2n) is 6.82. The highest BCUT2D eigenvalue weighted by Crippen LogP contribution is 2.25. The summed E-state index contributed by atoms with van der Waals surface area (Å²) in [5.41, 5.74) is 1.24. The van der Waals surface area contributed by atoms with Crippen molar-refractivity contribution in [2.24, 2.45) is 0 Å². The van der Waals surface area contributed by atoms with Crippen LogP contribution in [0, 0.1) is 5.82 Å². The van der Waals surface area contributed by atoms with E-state index in [0.717, 1.165) is 12.1 Å². The van der Waals surface area contributed by atoms with Gasteiger partial charge in [-0.25, -0.2) is 17.5 Å². The van der Waals surface area contributed by atoms with Crippen molar-refractivity contribution < 1.29 is 22.3 Å². The van der Waals surface area contributed by atoms with Gasteiger partial charge in [-0.2, -0.15) is 0 Å². The molecule has 26 heavy (non-hydrogen) atoms. The molecule has 0 fully saturated rings. The smallest absolute Gasteiger partial charge is 0.244 e. The minimum Gasteiger partial charge on any atom is -0.495 e. The molecule has 7 heteroatoms. The van der Waals surface area contributed by atoms with Crippen molar-refractivity contribution in [2.75, 3.05) is 20.3 Å². The molecule has 1 N–H and O–H groups in total. The van der Waals surface area contributed by atoms with Gasteiger partial charge in [-0.15, -0.1) is 0 Å². The summed E-state index contributed by atoms with van der Waals surface area (Å²) in [6.07, 6.45) is 0. The van der Waals surface area contributed by atoms with E-state index in [-0.39, 0.29) is 29.2 Å². The first-order valence-corrected chi connectivity index (χ1v) is 9.68. The zero-order chi connectivity index (χ0) is 19.4. The highest BCUT2D eigenvalue weighted by atomic mass is 32.2. The number of nitrogens with one attached hydrogen (secondary N) is 1. The Kier molecular flexibility index (Phi) is 6.26. The average molecular weight is 381 g/mol. The largest absolute Gasteiger partial charge is 0.495 e. The third kappa shape index (κ3) is 5.19. The maximum atomic E-state index is 13.4. The summed E-state index contributed by atoms with van der Waals surface area (Å²) < 4.78 is 50.9. The second-order valence-corrected chi connectivity index (χ2v) is 8.55. The quantitative estimate of drug-likeness (QED) is 0.746. The van der Waals surface area contributed by atoms with Crippen LogP contribution in [0.3, 0.4) is 0 Å². The van der Waals surface area contributed by atoms with Crippen LogP contribution in [-0.4, -0.2) is 28.7 Å². The summed E-state index contributed by atoms with van der Waals surface area (Å²) in [5.74, 6) is 0.0829. The summed E-state index contributed by atoms with van der Waals surface area (Å²) in [5, 5.41) is 0. The third-order valence-corrected chi connectivity index (χ3v) is 5.28. The minimum absolute atomic E-state index is 0.0447. The van der Waals surface area contributed by atoms with Crippen molar-refractivity contribution in [3.05, 3.63) is 53.8 Å². The highest BCUT2D eigenvalue weighted by Gasteiger charge is 2.20. The van der Waals surface area contributed by atoms with Crippen LogP contribution in [0.5, 0.6) is 11.5 Å². The zero-order valence-corrected chi connectivity index (χ0v) is 16.2. The van der Waals surface area contributed by atoms with Crippen LogP contribution in [0.25, 0.3) is 0 Å². The predicted octanol–water partition coefficient (Wildman–Crippen LogP) is 3.49. The van der Waals surface area contributed by atoms with E-state index >= 15 is 0 Å². The fraction of sp³-hybridized carbons (Fsp3) is 0.368. The van der Waals surface area contributed by atoms with E-state index in [0.29, 0.717) is 5.75 Å². The molecule has 0 saturated heterocycles. The van der Waals surface area contributed by atoms with Gasteiger partial charge in [0.25, 0.3) is 0 Å². The Hall–Kier alpha value is -2.12. The molecule has 0 unspecified atom stereocenters. The maximum absolute atomic E-state index is 13.4. The van der Waals surface area contributed by atoms with Gasteiger partial charge < -0.3 is 9.47 Å². The van der Waals surface area contributed by atoms with Crippen LogP contribution >= 0.6 is 0 Å². The molecule has 0 atom stereocenters. The summed E-state index contributed by atoms with van der Waals surface area (Å²) in [6.45, 7) is 6.56. The monoisotopic (exact) mass is 381 g/mol. The second kappa shape index (κ2) is 8.05. The van der Waals surface area contributed by atoms with Gasteiger partial charge in [0.1, 0.15) is 28.8 Å². The van der Waals surface area contributed by atoms with Gasteiger partial charge in [0.15, 0.2) is 0 Å². The lowest BCUT2D eigenvalue weighted by Gasteiger charge is -2.19. The Morgan fingerprint density at radius 3 is 2.31 bits per heavy atom. The van der Waals surface area contributed by atoms with Gasteiger partial charge in [-0.3, -0.25) is 0 Å². The molecule has 0 amide bonds. The van der Waals surface area contributed by atoms with Crippen molar-refractivity contribution in [3.63, 3.8) is 0 Å². The van der Waals surface area contributed by atoms with E-state index in [4.69, 9.17) is 9.47 Å². The van der Waals surface area contributed by atoms with E-state index in [1.165, 1.54) is 18.7 Å². The lowest BCUT2D eigenvalue weighted by molar-refractivity contribution is 0.322. The van der Waals surface area contributed by atoms with Gasteiger partial charge >= 0.3 is 0 Å². The zero-order valence-electron chi connectivity index (χ0n) is 15.4. The number of hydrogen-bond donors (Lipinski definition) is 1. The molecule has 142 valence electrons. The Bertz CT molecular complexity index is 843. The fourth-order valence-electron chi connectivity index (χ4n) is 2.33. The van der Waals surface area contributed by atoms with Gasteiger partial charge in [0, 0.05) is 6.54 Å². The highest BCUT2D eigenvalue weighted by molar-refractivity contribution is 7.89. The summed E-state index contributed by atoms with van der Waals surface area (Å²) >= 11 is 0. The van der Waals surface area contributed by atoms with Crippen LogP contribution < -0.4 is 14.2 Å². The van der Waals surface area contributed by atoms with Crippen molar-refractivity contribution in [1.82, 2.24) is 4.72 Å². The average Bonchev–Trinajstić information content (AvgIpc) is 2.58. The van der Waals surface area contributed by atoms with Gasteiger partial charge in [-0.05, 0) is 41.3 Å². The Balaban J connectivity index is 1.94. The van der Waals surface area contributed by atoms with E-state index in [2.05, 4.69) is 25.5 Å². The van der Waals surface area contributed by atoms with Crippen LogP contribution in [0.1, 0.15) is 26.3 Å². The van der Waals surface area contributed by atoms with E-state index in [1.807, 2.05) is 24.3 Å². The summed E-state index contributed by atoms with van der Waals surface area (Å²) in [6, 6.07) is 11.0. The summed E-state index contributed by atoms with van der Waals surface area (Å²) in [4.78, 5) is -0.241. The minimum atomic E-state index is -3.90. The first-order chi connectivity index (χ1) is 12.1. The van der Waals surface area contributed by atoms with E-state index < -0.39 is 15.8 Å². The molecule has 2 aromatic rings. The van der Waals surface area contributed by atoms with Crippen molar-refractivity contribution in [3.8, 4) is 11.5 Å². The lowest BCUT2D eigenvalue weighted by atomic mass is 9.87. The van der Waals surface area contributed by atoms with Crippen LogP contribution in [0.15, 0.2) is 47.4 Å². The molecule has 0 aliphatic carbocycles. The number of ether oxygens (including phenoxy) is 2. The first-order valence-electron chi connectivity index (χ1n) is 8.20. The van der Waals surface area contributed by atoms with Crippen LogP contribution in [0.4, 0.5) is 4.39 Å². The number of sulfonamides is 1. The number of hydrogen-bond acceptors (Lipinski definition) is 4. The molecule has 0 aliphatic heterocycles. The predicted molar refractivity (Wildman–Crippen MR) is 98.8 cm³/mol. The molecule has 2 aromatic carbocycles. The normalized spacial score (nSPS) is 12.0. The molecule has 0 aromatic heterocycles. The Morgan fingerprint density at radius 1 is 1.08 bits per heavy atom. The molecule has 0 heterocycles. The van der Waals surface area contributed by atoms with Crippen molar-refractivity contribution >= 4 is 10.0 Å². The molecule has 0 aliphatic rings. The maximum Gasteiger partial charge on any atom is 0.244 e. The molecule has 0 radical (unpaired) electrons. The molecule has 0 bridgehead atoms. The van der Waals surface area contributed by atoms with Gasteiger partial charge in [-0.1, -0.05) is 32.9 Å². The van der Waals surface area contributed by atoms with Crippen molar-refractivity contribution in [2.45, 2.75) is 31.1 Å². The van der Waals surface area contributed by atoms with Gasteiger partial charge in [0.2, 0.25) is 10.0 Å². The Labute approximate surface area is 154 Å². The topological polar surface area (TPSA) is 64.6 Å². The Morgan fingerprint density at radius 2 is 1.73 bits per heavy atom. The van der Waals surface area contributed by atoms with Crippen molar-refractivity contribution in [1.29, 1.82) is 0 Å². The van der Waals surface area contributed by atoms with E-state index in [9.17, 15) is 12.8 Å². The van der Waals surface area contributed by atoms with Crippen LogP contribution in [-0.2, 0) is 15.4 Å².